The van der Waals surface area contributed by atoms with E-state index in [4.69, 9.17) is 0 Å². The van der Waals surface area contributed by atoms with E-state index in [1.54, 1.807) is 26.8 Å². The van der Waals surface area contributed by atoms with Crippen LogP contribution >= 0.6 is 0 Å². The summed E-state index contributed by atoms with van der Waals surface area (Å²) in [4.78, 5) is 23.7. The molecule has 0 radical (unpaired) electrons. The van der Waals surface area contributed by atoms with E-state index in [1.807, 2.05) is 0 Å². The van der Waals surface area contributed by atoms with Crippen molar-refractivity contribution in [3.63, 3.8) is 0 Å². The minimum absolute atomic E-state index is 0.167. The number of halogens is 1. The second kappa shape index (κ2) is 7.73. The normalized spacial score (nSPS) is 11.9. The van der Waals surface area contributed by atoms with Gasteiger partial charge in [0.05, 0.1) is 19.0 Å². The summed E-state index contributed by atoms with van der Waals surface area (Å²) < 4.78 is 19.4. The average molecular weight is 349 g/mol. The smallest absolute Gasteiger partial charge is 0.407 e. The van der Waals surface area contributed by atoms with E-state index >= 15 is 0 Å². The Hall–Kier alpha value is -2.97. The Morgan fingerprint density at radius 2 is 2.00 bits per heavy atom. The first-order valence-electron chi connectivity index (χ1n) is 7.65. The van der Waals surface area contributed by atoms with Crippen molar-refractivity contribution in [3.8, 4) is 5.69 Å². The quantitative estimate of drug-likeness (QED) is 0.861. The van der Waals surface area contributed by atoms with Gasteiger partial charge in [-0.1, -0.05) is 19.1 Å². The number of aromatic nitrogens is 3. The van der Waals surface area contributed by atoms with Gasteiger partial charge in [-0.05, 0) is 36.6 Å². The van der Waals surface area contributed by atoms with Crippen molar-refractivity contribution in [3.05, 3.63) is 35.8 Å². The Bertz CT molecular complexity index is 755. The first-order valence-corrected chi connectivity index (χ1v) is 7.65. The van der Waals surface area contributed by atoms with Crippen molar-refractivity contribution in [2.45, 2.75) is 26.8 Å². The van der Waals surface area contributed by atoms with Crippen molar-refractivity contribution in [1.82, 2.24) is 20.3 Å². The Balaban J connectivity index is 2.13. The van der Waals surface area contributed by atoms with Gasteiger partial charge in [0.15, 0.2) is 5.82 Å². The van der Waals surface area contributed by atoms with E-state index in [2.05, 4.69) is 25.7 Å². The lowest BCUT2D eigenvalue weighted by Gasteiger charge is -2.20. The molecule has 2 amide bonds. The number of hydrogen-bond donors (Lipinski definition) is 2. The molecule has 0 saturated carbocycles. The molecule has 0 aliphatic carbocycles. The molecule has 2 rings (SSSR count). The number of amides is 2. The molecule has 9 heteroatoms. The largest absolute Gasteiger partial charge is 0.453 e. The Labute approximate surface area is 144 Å². The maximum Gasteiger partial charge on any atom is 0.407 e. The Kier molecular flexibility index (Phi) is 5.68. The number of hydrogen-bond acceptors (Lipinski definition) is 5. The number of carbonyl (C=O) groups excluding carboxylic acids is 2. The topological polar surface area (TPSA) is 98.1 Å². The fourth-order valence-corrected chi connectivity index (χ4v) is 2.22. The van der Waals surface area contributed by atoms with Crippen molar-refractivity contribution < 1.29 is 18.7 Å². The third-order valence-electron chi connectivity index (χ3n) is 3.44. The average Bonchev–Trinajstić information content (AvgIpc) is 2.99. The predicted molar refractivity (Wildman–Crippen MR) is 88.9 cm³/mol. The molecule has 25 heavy (non-hydrogen) atoms. The van der Waals surface area contributed by atoms with Crippen molar-refractivity contribution in [1.29, 1.82) is 0 Å². The number of carbonyl (C=O) groups is 2. The van der Waals surface area contributed by atoms with Gasteiger partial charge < -0.3 is 15.4 Å². The maximum absolute atomic E-state index is 13.5. The van der Waals surface area contributed by atoms with Crippen LogP contribution in [0.4, 0.5) is 15.0 Å². The van der Waals surface area contributed by atoms with Gasteiger partial charge in [-0.2, -0.15) is 0 Å². The highest BCUT2D eigenvalue weighted by Gasteiger charge is 2.25. The van der Waals surface area contributed by atoms with Gasteiger partial charge in [0.2, 0.25) is 5.91 Å². The summed E-state index contributed by atoms with van der Waals surface area (Å²) in [5, 5.41) is 12.8. The van der Waals surface area contributed by atoms with Gasteiger partial charge >= 0.3 is 6.09 Å². The predicted octanol–water partition coefficient (Wildman–Crippen LogP) is 2.03. The van der Waals surface area contributed by atoms with E-state index in [0.29, 0.717) is 5.69 Å². The SMILES string of the molecule is COC(=O)N[C@H](C(=O)Nc1cn(-c2cc(C)cc(F)c2)nn1)C(C)C. The van der Waals surface area contributed by atoms with E-state index < -0.39 is 23.9 Å². The van der Waals surface area contributed by atoms with E-state index in [9.17, 15) is 14.0 Å². The molecular weight excluding hydrogens is 329 g/mol. The van der Waals surface area contributed by atoms with Crippen LogP contribution in [0.5, 0.6) is 0 Å². The van der Waals surface area contributed by atoms with Crippen LogP contribution in [0, 0.1) is 18.7 Å². The number of alkyl carbamates (subject to hydrolysis) is 1. The highest BCUT2D eigenvalue weighted by atomic mass is 19.1. The third kappa shape index (κ3) is 4.75. The number of aryl methyl sites for hydroxylation is 1. The molecule has 2 N–H and O–H groups in total. The molecule has 1 heterocycles. The molecule has 1 aromatic carbocycles. The summed E-state index contributed by atoms with van der Waals surface area (Å²) in [7, 11) is 1.22. The number of anilines is 1. The number of methoxy groups -OCH3 is 1. The van der Waals surface area contributed by atoms with Crippen LogP contribution in [0.2, 0.25) is 0 Å². The van der Waals surface area contributed by atoms with Gasteiger partial charge in [0.25, 0.3) is 0 Å². The van der Waals surface area contributed by atoms with Gasteiger partial charge in [0.1, 0.15) is 11.9 Å². The third-order valence-corrected chi connectivity index (χ3v) is 3.44. The lowest BCUT2D eigenvalue weighted by Crippen LogP contribution is -2.47. The molecule has 1 aromatic heterocycles. The highest BCUT2D eigenvalue weighted by molar-refractivity contribution is 5.95. The fourth-order valence-electron chi connectivity index (χ4n) is 2.22. The van der Waals surface area contributed by atoms with Crippen LogP contribution in [0.3, 0.4) is 0 Å². The molecule has 0 aliphatic heterocycles. The molecule has 0 bridgehead atoms. The zero-order valence-corrected chi connectivity index (χ0v) is 14.4. The van der Waals surface area contributed by atoms with Crippen LogP contribution < -0.4 is 10.6 Å². The van der Waals surface area contributed by atoms with Gasteiger partial charge in [-0.15, -0.1) is 5.10 Å². The molecular formula is C16H20FN5O3. The van der Waals surface area contributed by atoms with Crippen molar-refractivity contribution in [2.24, 2.45) is 5.92 Å². The summed E-state index contributed by atoms with van der Waals surface area (Å²) in [5.74, 6) is -0.828. The molecule has 134 valence electrons. The molecule has 0 fully saturated rings. The second-order valence-electron chi connectivity index (χ2n) is 5.88. The summed E-state index contributed by atoms with van der Waals surface area (Å²) in [6, 6.07) is 3.64. The van der Waals surface area contributed by atoms with Gasteiger partial charge in [0, 0.05) is 0 Å². The zero-order chi connectivity index (χ0) is 18.6. The highest BCUT2D eigenvalue weighted by Crippen LogP contribution is 2.14. The lowest BCUT2D eigenvalue weighted by molar-refractivity contribution is -0.119. The molecule has 0 aliphatic rings. The van der Waals surface area contributed by atoms with Crippen LogP contribution in [-0.2, 0) is 9.53 Å². The van der Waals surface area contributed by atoms with E-state index in [1.165, 1.54) is 30.1 Å². The number of nitrogens with zero attached hydrogens (tertiary/aromatic N) is 3. The summed E-state index contributed by atoms with van der Waals surface area (Å²) in [5.41, 5.74) is 1.22. The fraction of sp³-hybridized carbons (Fsp3) is 0.375. The zero-order valence-electron chi connectivity index (χ0n) is 14.4. The summed E-state index contributed by atoms with van der Waals surface area (Å²) in [6.07, 6.45) is 0.759. The number of nitrogens with one attached hydrogen (secondary N) is 2. The van der Waals surface area contributed by atoms with Crippen molar-refractivity contribution in [2.75, 3.05) is 12.4 Å². The first kappa shape index (κ1) is 18.4. The lowest BCUT2D eigenvalue weighted by atomic mass is 10.0. The van der Waals surface area contributed by atoms with Crippen LogP contribution in [0.1, 0.15) is 19.4 Å². The first-order chi connectivity index (χ1) is 11.8. The van der Waals surface area contributed by atoms with E-state index in [-0.39, 0.29) is 11.7 Å². The molecule has 0 unspecified atom stereocenters. The van der Waals surface area contributed by atoms with Crippen molar-refractivity contribution >= 4 is 17.8 Å². The number of rotatable bonds is 5. The molecule has 0 saturated heterocycles. The number of benzene rings is 1. The molecule has 1 atom stereocenters. The summed E-state index contributed by atoms with van der Waals surface area (Å²) >= 11 is 0. The maximum atomic E-state index is 13.5. The number of ether oxygens (including phenoxy) is 1. The van der Waals surface area contributed by atoms with Crippen LogP contribution in [0.15, 0.2) is 24.4 Å². The van der Waals surface area contributed by atoms with Gasteiger partial charge in [-0.25, -0.2) is 13.9 Å². The Morgan fingerprint density at radius 3 is 2.60 bits per heavy atom. The minimum Gasteiger partial charge on any atom is -0.453 e. The summed E-state index contributed by atoms with van der Waals surface area (Å²) in [6.45, 7) is 5.33. The standard InChI is InChI=1S/C16H20FN5O3/c1-9(2)14(19-16(24)25-4)15(23)18-13-8-22(21-20-13)12-6-10(3)5-11(17)7-12/h5-9,14H,1-4H3,(H,18,23)(H,19,24)/t14-/m0/s1. The Morgan fingerprint density at radius 1 is 1.28 bits per heavy atom. The van der Waals surface area contributed by atoms with E-state index in [0.717, 1.165) is 5.56 Å². The van der Waals surface area contributed by atoms with Crippen LogP contribution in [-0.4, -0.2) is 40.1 Å². The second-order valence-corrected chi connectivity index (χ2v) is 5.88. The van der Waals surface area contributed by atoms with Gasteiger partial charge in [-0.3, -0.25) is 4.79 Å². The molecule has 8 nitrogen and oxygen atoms in total. The monoisotopic (exact) mass is 349 g/mol. The molecule has 0 spiro atoms. The van der Waals surface area contributed by atoms with Crippen LogP contribution in [0.25, 0.3) is 5.69 Å². The minimum atomic E-state index is -0.797. The molecule has 2 aromatic rings.